The number of esters is 3. The number of carbonyl (C=O) groups excluding carboxylic acids is 3. The minimum absolute atomic E-state index is 0.0722. The molecule has 6 heteroatoms. The second-order valence-corrected chi connectivity index (χ2v) is 17.1. The first-order valence-corrected chi connectivity index (χ1v) is 25.5. The third-order valence-corrected chi connectivity index (χ3v) is 11.2. The van der Waals surface area contributed by atoms with Gasteiger partial charge in [-0.05, 0) is 51.4 Å². The summed E-state index contributed by atoms with van der Waals surface area (Å²) in [5.41, 5.74) is 0. The molecule has 0 saturated heterocycles. The molecule has 0 aliphatic carbocycles. The van der Waals surface area contributed by atoms with Gasteiger partial charge in [0.15, 0.2) is 6.10 Å². The van der Waals surface area contributed by atoms with Crippen LogP contribution < -0.4 is 0 Å². The van der Waals surface area contributed by atoms with Gasteiger partial charge >= 0.3 is 17.9 Å². The van der Waals surface area contributed by atoms with Gasteiger partial charge in [-0.3, -0.25) is 14.4 Å². The van der Waals surface area contributed by atoms with E-state index in [2.05, 4.69) is 57.2 Å². The zero-order valence-corrected chi connectivity index (χ0v) is 39.3. The van der Waals surface area contributed by atoms with Crippen molar-refractivity contribution in [3.63, 3.8) is 0 Å². The van der Waals surface area contributed by atoms with Gasteiger partial charge in [-0.15, -0.1) is 0 Å². The van der Waals surface area contributed by atoms with Gasteiger partial charge < -0.3 is 14.2 Å². The van der Waals surface area contributed by atoms with Crippen molar-refractivity contribution in [1.29, 1.82) is 0 Å². The maximum absolute atomic E-state index is 12.8. The Morgan fingerprint density at radius 2 is 0.661 bits per heavy atom. The molecule has 344 valence electrons. The quantitative estimate of drug-likeness (QED) is 0.0263. The fourth-order valence-corrected chi connectivity index (χ4v) is 7.34. The molecule has 0 rings (SSSR count). The van der Waals surface area contributed by atoms with Gasteiger partial charge in [0.05, 0.1) is 0 Å². The van der Waals surface area contributed by atoms with Gasteiger partial charge in [0.2, 0.25) is 0 Å². The summed E-state index contributed by atoms with van der Waals surface area (Å²) in [4.78, 5) is 37.8. The highest BCUT2D eigenvalue weighted by molar-refractivity contribution is 5.71. The number of hydrogen-bond acceptors (Lipinski definition) is 6. The summed E-state index contributed by atoms with van der Waals surface area (Å²) in [5, 5.41) is 0. The first-order chi connectivity index (χ1) is 29.0. The van der Waals surface area contributed by atoms with Crippen molar-refractivity contribution in [2.45, 2.75) is 271 Å². The lowest BCUT2D eigenvalue weighted by molar-refractivity contribution is -0.167. The second kappa shape index (κ2) is 48.3. The largest absolute Gasteiger partial charge is 0.462 e. The Hall–Kier alpha value is -2.37. The molecule has 0 aromatic heterocycles. The Kier molecular flexibility index (Phi) is 46.4. The molecule has 0 radical (unpaired) electrons. The average molecular weight is 829 g/mol. The highest BCUT2D eigenvalue weighted by Gasteiger charge is 2.19. The van der Waals surface area contributed by atoms with Gasteiger partial charge in [0.1, 0.15) is 13.2 Å². The summed E-state index contributed by atoms with van der Waals surface area (Å²) < 4.78 is 16.7. The molecule has 0 aliphatic heterocycles. The predicted molar refractivity (Wildman–Crippen MR) is 252 cm³/mol. The lowest BCUT2D eigenvalue weighted by Gasteiger charge is -2.18. The summed E-state index contributed by atoms with van der Waals surface area (Å²) in [7, 11) is 0. The molecule has 0 aromatic rings. The van der Waals surface area contributed by atoms with Crippen LogP contribution >= 0.6 is 0 Å². The molecule has 0 heterocycles. The Morgan fingerprint density at radius 1 is 0.356 bits per heavy atom. The van der Waals surface area contributed by atoms with E-state index in [1.807, 2.05) is 0 Å². The molecule has 0 fully saturated rings. The van der Waals surface area contributed by atoms with Crippen LogP contribution in [0.5, 0.6) is 0 Å². The van der Waals surface area contributed by atoms with E-state index < -0.39 is 6.10 Å². The Labute approximate surface area is 365 Å². The molecule has 59 heavy (non-hydrogen) atoms. The summed E-state index contributed by atoms with van der Waals surface area (Å²) in [6.45, 7) is 6.50. The number of rotatable bonds is 46. The first-order valence-electron chi connectivity index (χ1n) is 25.5. The van der Waals surface area contributed by atoms with Gasteiger partial charge in [-0.1, -0.05) is 231 Å². The van der Waals surface area contributed by atoms with Crippen molar-refractivity contribution in [1.82, 2.24) is 0 Å². The third kappa shape index (κ3) is 46.5. The SMILES string of the molecule is CC/C=C\C/C=C\C/C=C\CCCCCCCCCC(=O)OCC(COC(=O)CCCCCCCCC)OC(=O)CCCCCCCCCCCCCCCCCCC. The van der Waals surface area contributed by atoms with E-state index in [0.717, 1.165) is 83.5 Å². The number of hydrogen-bond donors (Lipinski definition) is 0. The van der Waals surface area contributed by atoms with E-state index in [4.69, 9.17) is 14.2 Å². The summed E-state index contributed by atoms with van der Waals surface area (Å²) in [6, 6.07) is 0. The van der Waals surface area contributed by atoms with Crippen molar-refractivity contribution in [3.05, 3.63) is 36.5 Å². The molecular weight excluding hydrogens is 733 g/mol. The van der Waals surface area contributed by atoms with Crippen molar-refractivity contribution < 1.29 is 28.6 Å². The number of allylic oxidation sites excluding steroid dienone is 6. The summed E-state index contributed by atoms with van der Waals surface area (Å²) >= 11 is 0. The number of ether oxygens (including phenoxy) is 3. The van der Waals surface area contributed by atoms with Crippen LogP contribution in [0.2, 0.25) is 0 Å². The highest BCUT2D eigenvalue weighted by Crippen LogP contribution is 2.16. The lowest BCUT2D eigenvalue weighted by Crippen LogP contribution is -2.30. The molecule has 0 spiro atoms. The molecule has 0 saturated carbocycles. The molecular formula is C53H96O6. The molecule has 0 aliphatic rings. The van der Waals surface area contributed by atoms with E-state index in [-0.39, 0.29) is 31.1 Å². The average Bonchev–Trinajstić information content (AvgIpc) is 3.23. The van der Waals surface area contributed by atoms with Crippen LogP contribution in [0.15, 0.2) is 36.5 Å². The zero-order chi connectivity index (χ0) is 43.0. The van der Waals surface area contributed by atoms with Crippen molar-refractivity contribution in [2.75, 3.05) is 13.2 Å². The maximum Gasteiger partial charge on any atom is 0.306 e. The highest BCUT2D eigenvalue weighted by atomic mass is 16.6. The van der Waals surface area contributed by atoms with E-state index in [0.29, 0.717) is 19.3 Å². The molecule has 1 atom stereocenters. The lowest BCUT2D eigenvalue weighted by atomic mass is 10.0. The molecule has 1 unspecified atom stereocenters. The fraction of sp³-hybridized carbons (Fsp3) is 0.830. The van der Waals surface area contributed by atoms with Crippen LogP contribution in [0.25, 0.3) is 0 Å². The van der Waals surface area contributed by atoms with Crippen molar-refractivity contribution >= 4 is 17.9 Å². The van der Waals surface area contributed by atoms with Crippen LogP contribution in [0.1, 0.15) is 265 Å². The Balaban J connectivity index is 4.24. The van der Waals surface area contributed by atoms with E-state index >= 15 is 0 Å². The Bertz CT molecular complexity index is 1000. The monoisotopic (exact) mass is 829 g/mol. The minimum Gasteiger partial charge on any atom is -0.462 e. The van der Waals surface area contributed by atoms with Gasteiger partial charge in [-0.2, -0.15) is 0 Å². The van der Waals surface area contributed by atoms with Crippen LogP contribution in [-0.2, 0) is 28.6 Å². The standard InChI is InChI=1S/C53H96O6/c1-4-7-10-13-16-18-20-22-24-26-28-30-32-34-37-40-43-46-52(55)58-49-50(48-57-51(54)45-42-39-36-15-12-9-6-3)59-53(56)47-44-41-38-35-33-31-29-27-25-23-21-19-17-14-11-8-5-2/h7,10,16,18,22,24,50H,4-6,8-9,11-15,17,19-21,23,25-49H2,1-3H3/b10-7-,18-16-,24-22-. The van der Waals surface area contributed by atoms with Crippen LogP contribution in [0.3, 0.4) is 0 Å². The summed E-state index contributed by atoms with van der Waals surface area (Å²) in [6.07, 6.45) is 55.7. The minimum atomic E-state index is -0.769. The molecule has 6 nitrogen and oxygen atoms in total. The first kappa shape index (κ1) is 56.6. The van der Waals surface area contributed by atoms with Crippen molar-refractivity contribution in [2.24, 2.45) is 0 Å². The summed E-state index contributed by atoms with van der Waals surface area (Å²) in [5.74, 6) is -0.878. The van der Waals surface area contributed by atoms with E-state index in [1.54, 1.807) is 0 Å². The van der Waals surface area contributed by atoms with E-state index in [1.165, 1.54) is 141 Å². The molecule has 0 N–H and O–H groups in total. The molecule has 0 aromatic carbocycles. The van der Waals surface area contributed by atoms with Crippen molar-refractivity contribution in [3.8, 4) is 0 Å². The fourth-order valence-electron chi connectivity index (χ4n) is 7.34. The van der Waals surface area contributed by atoms with Gasteiger partial charge in [-0.25, -0.2) is 0 Å². The maximum atomic E-state index is 12.8. The second-order valence-electron chi connectivity index (χ2n) is 17.1. The van der Waals surface area contributed by atoms with Crippen LogP contribution in [0.4, 0.5) is 0 Å². The van der Waals surface area contributed by atoms with Gasteiger partial charge in [0, 0.05) is 19.3 Å². The third-order valence-electron chi connectivity index (χ3n) is 11.2. The number of unbranched alkanes of at least 4 members (excludes halogenated alkanes) is 29. The van der Waals surface area contributed by atoms with Gasteiger partial charge in [0.25, 0.3) is 0 Å². The smallest absolute Gasteiger partial charge is 0.306 e. The molecule has 0 bridgehead atoms. The predicted octanol–water partition coefficient (Wildman–Crippen LogP) is 16.5. The van der Waals surface area contributed by atoms with E-state index in [9.17, 15) is 14.4 Å². The molecule has 0 amide bonds. The normalized spacial score (nSPS) is 12.3. The van der Waals surface area contributed by atoms with Crippen LogP contribution in [-0.4, -0.2) is 37.2 Å². The van der Waals surface area contributed by atoms with Crippen LogP contribution in [0, 0.1) is 0 Å². The number of carbonyl (C=O) groups is 3. The topological polar surface area (TPSA) is 78.9 Å². The Morgan fingerprint density at radius 3 is 1.03 bits per heavy atom. The zero-order valence-electron chi connectivity index (χ0n) is 39.3.